The van der Waals surface area contributed by atoms with Crippen LogP contribution < -0.4 is 10.1 Å². The standard InChI is InChI=1S/C25H18Br2Cl2N2O2/c1-15(17-5-3-2-4-6-17)31-25(32)19(13-30)9-16-10-21(26)24(22(27)11-16)33-14-18-7-8-20(28)12-23(18)29/h2-12,15H,14H2,1H3,(H,31,32)/b19-9-/t15-/m0/s1. The van der Waals surface area contributed by atoms with Crippen LogP contribution in [0.15, 0.2) is 75.2 Å². The summed E-state index contributed by atoms with van der Waals surface area (Å²) in [5, 5.41) is 13.5. The molecule has 3 aromatic carbocycles. The lowest BCUT2D eigenvalue weighted by atomic mass is 10.1. The Morgan fingerprint density at radius 3 is 2.39 bits per heavy atom. The highest BCUT2D eigenvalue weighted by Crippen LogP contribution is 2.36. The summed E-state index contributed by atoms with van der Waals surface area (Å²) >= 11 is 19.2. The maximum absolute atomic E-state index is 12.6. The predicted octanol–water partition coefficient (Wildman–Crippen LogP) is 7.88. The fourth-order valence-corrected chi connectivity index (χ4v) is 4.92. The van der Waals surface area contributed by atoms with Gasteiger partial charge in [0.25, 0.3) is 5.91 Å². The largest absolute Gasteiger partial charge is 0.486 e. The van der Waals surface area contributed by atoms with E-state index in [1.54, 1.807) is 30.3 Å². The quantitative estimate of drug-likeness (QED) is 0.219. The molecule has 0 saturated heterocycles. The van der Waals surface area contributed by atoms with Gasteiger partial charge in [-0.3, -0.25) is 4.79 Å². The van der Waals surface area contributed by atoms with E-state index in [9.17, 15) is 10.1 Å². The third kappa shape index (κ3) is 6.84. The van der Waals surface area contributed by atoms with E-state index in [1.165, 1.54) is 6.08 Å². The number of hydrogen-bond acceptors (Lipinski definition) is 3. The van der Waals surface area contributed by atoms with Crippen molar-refractivity contribution in [2.75, 3.05) is 0 Å². The summed E-state index contributed by atoms with van der Waals surface area (Å²) in [6, 6.07) is 20.1. The van der Waals surface area contributed by atoms with Gasteiger partial charge in [0.2, 0.25) is 0 Å². The van der Waals surface area contributed by atoms with Crippen LogP contribution in [0, 0.1) is 11.3 Å². The Hall–Kier alpha value is -2.30. The Morgan fingerprint density at radius 2 is 1.79 bits per heavy atom. The molecule has 1 atom stereocenters. The van der Waals surface area contributed by atoms with Gasteiger partial charge < -0.3 is 10.1 Å². The number of nitrogens with zero attached hydrogens (tertiary/aromatic N) is 1. The van der Waals surface area contributed by atoms with Crippen molar-refractivity contribution < 1.29 is 9.53 Å². The minimum Gasteiger partial charge on any atom is -0.486 e. The Bertz CT molecular complexity index is 1220. The van der Waals surface area contributed by atoms with Gasteiger partial charge in [-0.1, -0.05) is 59.6 Å². The summed E-state index contributed by atoms with van der Waals surface area (Å²) in [5.41, 5.74) is 2.40. The first kappa shape index (κ1) is 25.3. The number of nitrogens with one attached hydrogen (secondary N) is 1. The lowest BCUT2D eigenvalue weighted by molar-refractivity contribution is -0.117. The van der Waals surface area contributed by atoms with Crippen LogP contribution in [-0.2, 0) is 11.4 Å². The van der Waals surface area contributed by atoms with Crippen LogP contribution in [0.1, 0.15) is 29.7 Å². The van der Waals surface area contributed by atoms with Crippen LogP contribution in [0.4, 0.5) is 0 Å². The highest BCUT2D eigenvalue weighted by Gasteiger charge is 2.15. The van der Waals surface area contributed by atoms with Crippen molar-refractivity contribution in [3.8, 4) is 11.8 Å². The van der Waals surface area contributed by atoms with Gasteiger partial charge in [-0.25, -0.2) is 0 Å². The molecular weight excluding hydrogens is 591 g/mol. The zero-order valence-corrected chi connectivity index (χ0v) is 22.1. The number of nitriles is 1. The molecule has 0 spiro atoms. The first-order chi connectivity index (χ1) is 15.8. The molecule has 1 amide bonds. The number of rotatable bonds is 7. The number of carbonyl (C=O) groups is 1. The van der Waals surface area contributed by atoms with Gasteiger partial charge in [-0.15, -0.1) is 0 Å². The number of halogens is 4. The number of carbonyl (C=O) groups excluding carboxylic acids is 1. The van der Waals surface area contributed by atoms with E-state index >= 15 is 0 Å². The zero-order chi connectivity index (χ0) is 24.0. The topological polar surface area (TPSA) is 62.1 Å². The Morgan fingerprint density at radius 1 is 1.12 bits per heavy atom. The molecule has 0 aromatic heterocycles. The van der Waals surface area contributed by atoms with Crippen LogP contribution in [-0.4, -0.2) is 5.91 Å². The first-order valence-corrected chi connectivity index (χ1v) is 12.2. The molecule has 0 aliphatic rings. The smallest absolute Gasteiger partial charge is 0.262 e. The second-order valence-electron chi connectivity index (χ2n) is 7.11. The molecule has 0 aliphatic heterocycles. The zero-order valence-electron chi connectivity index (χ0n) is 17.4. The fraction of sp³-hybridized carbons (Fsp3) is 0.120. The molecule has 3 rings (SSSR count). The second kappa shape index (κ2) is 11.7. The number of hydrogen-bond donors (Lipinski definition) is 1. The first-order valence-electron chi connectivity index (χ1n) is 9.82. The van der Waals surface area contributed by atoms with E-state index in [0.29, 0.717) is 30.3 Å². The lowest BCUT2D eigenvalue weighted by Crippen LogP contribution is -2.27. The van der Waals surface area contributed by atoms with E-state index in [0.717, 1.165) is 11.1 Å². The van der Waals surface area contributed by atoms with Crippen molar-refractivity contribution in [1.82, 2.24) is 5.32 Å². The number of benzene rings is 3. The Balaban J connectivity index is 1.75. The molecule has 0 radical (unpaired) electrons. The molecule has 0 bridgehead atoms. The lowest BCUT2D eigenvalue weighted by Gasteiger charge is -2.14. The summed E-state index contributed by atoms with van der Waals surface area (Å²) < 4.78 is 7.24. The SMILES string of the molecule is C[C@H](NC(=O)/C(C#N)=C\c1cc(Br)c(OCc2ccc(Cl)cc2Cl)c(Br)c1)c1ccccc1. The van der Waals surface area contributed by atoms with E-state index in [4.69, 9.17) is 27.9 Å². The van der Waals surface area contributed by atoms with Crippen molar-refractivity contribution in [2.45, 2.75) is 19.6 Å². The highest BCUT2D eigenvalue weighted by atomic mass is 79.9. The third-order valence-electron chi connectivity index (χ3n) is 4.73. The summed E-state index contributed by atoms with van der Waals surface area (Å²) in [6.45, 7) is 2.11. The molecule has 8 heteroatoms. The van der Waals surface area contributed by atoms with Crippen LogP contribution in [0.3, 0.4) is 0 Å². The molecule has 0 unspecified atom stereocenters. The molecule has 168 valence electrons. The molecular formula is C25H18Br2Cl2N2O2. The van der Waals surface area contributed by atoms with Crippen molar-refractivity contribution in [2.24, 2.45) is 0 Å². The normalized spacial score (nSPS) is 12.1. The molecule has 0 aliphatic carbocycles. The molecule has 33 heavy (non-hydrogen) atoms. The molecule has 0 saturated carbocycles. The van der Waals surface area contributed by atoms with E-state index in [-0.39, 0.29) is 18.2 Å². The Labute approximate surface area is 219 Å². The van der Waals surface area contributed by atoms with Crippen LogP contribution >= 0.6 is 55.1 Å². The average molecular weight is 609 g/mol. The summed E-state index contributed by atoms with van der Waals surface area (Å²) in [4.78, 5) is 12.6. The van der Waals surface area contributed by atoms with Gasteiger partial charge in [0.1, 0.15) is 24.0 Å². The predicted molar refractivity (Wildman–Crippen MR) is 139 cm³/mol. The van der Waals surface area contributed by atoms with Crippen molar-refractivity contribution in [3.05, 3.63) is 102 Å². The van der Waals surface area contributed by atoms with Gasteiger partial charge in [-0.05, 0) is 80.3 Å². The maximum atomic E-state index is 12.6. The van der Waals surface area contributed by atoms with Gasteiger partial charge >= 0.3 is 0 Å². The van der Waals surface area contributed by atoms with Crippen molar-refractivity contribution in [3.63, 3.8) is 0 Å². The van der Waals surface area contributed by atoms with Crippen LogP contribution in [0.5, 0.6) is 5.75 Å². The third-order valence-corrected chi connectivity index (χ3v) is 6.50. The molecule has 3 aromatic rings. The van der Waals surface area contributed by atoms with Gasteiger partial charge in [0, 0.05) is 15.6 Å². The van der Waals surface area contributed by atoms with Crippen LogP contribution in [0.25, 0.3) is 6.08 Å². The Kier molecular flexibility index (Phi) is 8.99. The minimum absolute atomic E-state index is 0.00167. The molecule has 0 heterocycles. The van der Waals surface area contributed by atoms with Crippen molar-refractivity contribution in [1.29, 1.82) is 5.26 Å². The van der Waals surface area contributed by atoms with Gasteiger partial charge in [-0.2, -0.15) is 5.26 Å². The number of amides is 1. The summed E-state index contributed by atoms with van der Waals surface area (Å²) in [6.07, 6.45) is 1.53. The minimum atomic E-state index is -0.446. The van der Waals surface area contributed by atoms with E-state index in [1.807, 2.05) is 43.3 Å². The van der Waals surface area contributed by atoms with Crippen molar-refractivity contribution >= 4 is 67.0 Å². The summed E-state index contributed by atoms with van der Waals surface area (Å²) in [5.74, 6) is 0.123. The summed E-state index contributed by atoms with van der Waals surface area (Å²) in [7, 11) is 0. The number of ether oxygens (including phenoxy) is 1. The second-order valence-corrected chi connectivity index (χ2v) is 9.67. The average Bonchev–Trinajstić information content (AvgIpc) is 2.78. The van der Waals surface area contributed by atoms with Gasteiger partial charge in [0.05, 0.1) is 15.0 Å². The van der Waals surface area contributed by atoms with E-state index < -0.39 is 5.91 Å². The monoisotopic (exact) mass is 606 g/mol. The molecule has 1 N–H and O–H groups in total. The maximum Gasteiger partial charge on any atom is 0.262 e. The van der Waals surface area contributed by atoms with Gasteiger partial charge in [0.15, 0.2) is 0 Å². The van der Waals surface area contributed by atoms with Crippen LogP contribution in [0.2, 0.25) is 10.0 Å². The highest BCUT2D eigenvalue weighted by molar-refractivity contribution is 9.11. The molecule has 0 fully saturated rings. The molecule has 4 nitrogen and oxygen atoms in total. The fourth-order valence-electron chi connectivity index (χ4n) is 3.00. The van der Waals surface area contributed by atoms with E-state index in [2.05, 4.69) is 37.2 Å².